The van der Waals surface area contributed by atoms with Gasteiger partial charge < -0.3 is 14.8 Å². The molecule has 3 aromatic carbocycles. The number of nitrogens with zero attached hydrogens (tertiary/aromatic N) is 1. The van der Waals surface area contributed by atoms with Gasteiger partial charge in [-0.3, -0.25) is 19.3 Å². The summed E-state index contributed by atoms with van der Waals surface area (Å²) in [6.45, 7) is 1.74. The number of halogens is 4. The Bertz CT molecular complexity index is 1480. The van der Waals surface area contributed by atoms with Crippen molar-refractivity contribution in [2.45, 2.75) is 13.5 Å². The van der Waals surface area contributed by atoms with Crippen LogP contribution in [-0.4, -0.2) is 35.1 Å². The van der Waals surface area contributed by atoms with E-state index in [0.717, 1.165) is 22.6 Å². The number of nitrogens with one attached hydrogen (secondary N) is 1. The van der Waals surface area contributed by atoms with E-state index in [2.05, 4.69) is 5.32 Å². The van der Waals surface area contributed by atoms with Crippen molar-refractivity contribution in [3.05, 3.63) is 92.3 Å². The van der Waals surface area contributed by atoms with Crippen molar-refractivity contribution < 1.29 is 32.6 Å². The molecule has 3 aromatic rings. The second-order valence-corrected chi connectivity index (χ2v) is 9.92. The van der Waals surface area contributed by atoms with Crippen molar-refractivity contribution in [2.24, 2.45) is 0 Å². The third-order valence-electron chi connectivity index (χ3n) is 5.32. The van der Waals surface area contributed by atoms with Crippen LogP contribution in [0.5, 0.6) is 11.5 Å². The Morgan fingerprint density at radius 2 is 1.79 bits per heavy atom. The third kappa shape index (κ3) is 7.08. The Morgan fingerprint density at radius 3 is 2.51 bits per heavy atom. The molecule has 0 spiro atoms. The topological polar surface area (TPSA) is 84.9 Å². The van der Waals surface area contributed by atoms with Crippen LogP contribution in [-0.2, 0) is 16.2 Å². The van der Waals surface area contributed by atoms with Crippen molar-refractivity contribution >= 4 is 63.8 Å². The molecule has 7 nitrogen and oxygen atoms in total. The molecule has 1 N–H and O–H groups in total. The summed E-state index contributed by atoms with van der Waals surface area (Å²) in [7, 11) is 0. The molecule has 1 aliphatic heterocycles. The molecule has 3 amide bonds. The summed E-state index contributed by atoms with van der Waals surface area (Å²) in [6.07, 6.45) is 1.49. The quantitative estimate of drug-likeness (QED) is 0.271. The molecule has 0 unspecified atom stereocenters. The highest BCUT2D eigenvalue weighted by Crippen LogP contribution is 2.35. The second kappa shape index (κ2) is 12.5. The number of hydrogen-bond donors (Lipinski definition) is 1. The number of thioether (sulfide) groups is 1. The van der Waals surface area contributed by atoms with E-state index in [4.69, 9.17) is 32.7 Å². The third-order valence-corrected chi connectivity index (χ3v) is 6.97. The lowest BCUT2D eigenvalue weighted by molar-refractivity contribution is -0.127. The first-order chi connectivity index (χ1) is 18.6. The van der Waals surface area contributed by atoms with Gasteiger partial charge >= 0.3 is 0 Å². The van der Waals surface area contributed by atoms with E-state index in [9.17, 15) is 23.2 Å². The molecule has 39 heavy (non-hydrogen) atoms. The molecule has 4 rings (SSSR count). The first kappa shape index (κ1) is 28.4. The van der Waals surface area contributed by atoms with Crippen molar-refractivity contribution in [1.82, 2.24) is 4.90 Å². The highest BCUT2D eigenvalue weighted by atomic mass is 35.5. The number of imide groups is 1. The summed E-state index contributed by atoms with van der Waals surface area (Å²) in [5, 5.41) is 2.41. The molecule has 1 saturated heterocycles. The van der Waals surface area contributed by atoms with Crippen LogP contribution in [0.4, 0.5) is 19.3 Å². The van der Waals surface area contributed by atoms with E-state index in [1.807, 2.05) is 6.92 Å². The van der Waals surface area contributed by atoms with Gasteiger partial charge in [-0.25, -0.2) is 8.78 Å². The van der Waals surface area contributed by atoms with Gasteiger partial charge in [0, 0.05) is 6.07 Å². The largest absolute Gasteiger partial charge is 0.490 e. The van der Waals surface area contributed by atoms with Gasteiger partial charge in [0.1, 0.15) is 24.8 Å². The fourth-order valence-electron chi connectivity index (χ4n) is 3.50. The highest BCUT2D eigenvalue weighted by molar-refractivity contribution is 8.18. The molecule has 0 bridgehead atoms. The van der Waals surface area contributed by atoms with Gasteiger partial charge in [-0.2, -0.15) is 0 Å². The average molecular weight is 593 g/mol. The predicted molar refractivity (Wildman–Crippen MR) is 146 cm³/mol. The lowest BCUT2D eigenvalue weighted by Gasteiger charge is -2.13. The maximum absolute atomic E-state index is 13.8. The standard InChI is InChI=1S/C27H20Cl2F2N2O5S/c1-2-37-23-10-15(4-8-22(23)38-14-16-3-6-18(28)19(29)9-16)11-24-26(35)33(27(36)39-24)13-25(34)32-21-7-5-17(30)12-20(21)31/h3-12H,2,13-14H2,1H3,(H,32,34)/b24-11+. The minimum absolute atomic E-state index is 0.0904. The van der Waals surface area contributed by atoms with E-state index >= 15 is 0 Å². The fourth-order valence-corrected chi connectivity index (χ4v) is 4.66. The Hall–Kier alpha value is -3.60. The van der Waals surface area contributed by atoms with Crippen LogP contribution >= 0.6 is 35.0 Å². The molecular weight excluding hydrogens is 573 g/mol. The number of anilines is 1. The summed E-state index contributed by atoms with van der Waals surface area (Å²) in [4.78, 5) is 38.4. The predicted octanol–water partition coefficient (Wildman–Crippen LogP) is 6.92. The number of carbonyl (C=O) groups excluding carboxylic acids is 3. The maximum Gasteiger partial charge on any atom is 0.294 e. The maximum atomic E-state index is 13.8. The number of rotatable bonds is 9. The van der Waals surface area contributed by atoms with Gasteiger partial charge in [0.2, 0.25) is 5.91 Å². The molecule has 1 heterocycles. The molecule has 1 aliphatic rings. The summed E-state index contributed by atoms with van der Waals surface area (Å²) >= 11 is 12.7. The molecule has 202 valence electrons. The minimum atomic E-state index is -0.980. The van der Waals surface area contributed by atoms with Crippen LogP contribution in [0.3, 0.4) is 0 Å². The Morgan fingerprint density at radius 1 is 1.00 bits per heavy atom. The summed E-state index contributed by atoms with van der Waals surface area (Å²) in [5.74, 6) is -2.40. The summed E-state index contributed by atoms with van der Waals surface area (Å²) in [5.41, 5.74) is 1.09. The molecule has 0 aliphatic carbocycles. The fraction of sp³-hybridized carbons (Fsp3) is 0.148. The SMILES string of the molecule is CCOc1cc(/C=C2/SC(=O)N(CC(=O)Nc3ccc(F)cc3F)C2=O)ccc1OCc1ccc(Cl)c(Cl)c1. The number of hydrogen-bond acceptors (Lipinski definition) is 6. The van der Waals surface area contributed by atoms with Crippen molar-refractivity contribution in [3.8, 4) is 11.5 Å². The lowest BCUT2D eigenvalue weighted by Crippen LogP contribution is -2.36. The molecule has 0 saturated carbocycles. The normalized spacial score (nSPS) is 14.2. The van der Waals surface area contributed by atoms with Gasteiger partial charge in [0.15, 0.2) is 11.5 Å². The zero-order chi connectivity index (χ0) is 28.1. The molecule has 0 atom stereocenters. The van der Waals surface area contributed by atoms with E-state index in [1.54, 1.807) is 36.4 Å². The van der Waals surface area contributed by atoms with Crippen LogP contribution in [0, 0.1) is 11.6 Å². The monoisotopic (exact) mass is 592 g/mol. The first-order valence-electron chi connectivity index (χ1n) is 11.5. The second-order valence-electron chi connectivity index (χ2n) is 8.12. The molecule has 1 fully saturated rings. The minimum Gasteiger partial charge on any atom is -0.490 e. The van der Waals surface area contributed by atoms with Crippen LogP contribution < -0.4 is 14.8 Å². The van der Waals surface area contributed by atoms with Crippen LogP contribution in [0.25, 0.3) is 6.08 Å². The van der Waals surface area contributed by atoms with Crippen molar-refractivity contribution in [1.29, 1.82) is 0 Å². The number of carbonyl (C=O) groups is 3. The van der Waals surface area contributed by atoms with Crippen molar-refractivity contribution in [3.63, 3.8) is 0 Å². The molecule has 0 aromatic heterocycles. The van der Waals surface area contributed by atoms with Gasteiger partial charge in [-0.05, 0) is 72.3 Å². The van der Waals surface area contributed by atoms with E-state index in [1.165, 1.54) is 6.08 Å². The van der Waals surface area contributed by atoms with Gasteiger partial charge in [-0.15, -0.1) is 0 Å². The lowest BCUT2D eigenvalue weighted by atomic mass is 10.1. The van der Waals surface area contributed by atoms with E-state index < -0.39 is 35.2 Å². The van der Waals surface area contributed by atoms with Gasteiger partial charge in [0.05, 0.1) is 27.2 Å². The molecule has 0 radical (unpaired) electrons. The Kier molecular flexibility index (Phi) is 9.11. The Labute approximate surface area is 236 Å². The van der Waals surface area contributed by atoms with E-state index in [0.29, 0.717) is 51.5 Å². The van der Waals surface area contributed by atoms with Crippen LogP contribution in [0.15, 0.2) is 59.5 Å². The Balaban J connectivity index is 1.45. The van der Waals surface area contributed by atoms with Crippen LogP contribution in [0.1, 0.15) is 18.1 Å². The number of benzene rings is 3. The highest BCUT2D eigenvalue weighted by Gasteiger charge is 2.36. The van der Waals surface area contributed by atoms with Crippen LogP contribution in [0.2, 0.25) is 10.0 Å². The van der Waals surface area contributed by atoms with Crippen molar-refractivity contribution in [2.75, 3.05) is 18.5 Å². The molecular formula is C27H20Cl2F2N2O5S. The number of amides is 3. The van der Waals surface area contributed by atoms with Gasteiger partial charge in [-0.1, -0.05) is 35.3 Å². The summed E-state index contributed by atoms with van der Waals surface area (Å²) < 4.78 is 38.5. The smallest absolute Gasteiger partial charge is 0.294 e. The average Bonchev–Trinajstić information content (AvgIpc) is 3.14. The van der Waals surface area contributed by atoms with E-state index in [-0.39, 0.29) is 17.2 Å². The number of ether oxygens (including phenoxy) is 2. The molecule has 12 heteroatoms. The first-order valence-corrected chi connectivity index (χ1v) is 13.1. The van der Waals surface area contributed by atoms with Gasteiger partial charge in [0.25, 0.3) is 11.1 Å². The summed E-state index contributed by atoms with van der Waals surface area (Å²) in [6, 6.07) is 12.8. The zero-order valence-electron chi connectivity index (χ0n) is 20.3. The zero-order valence-corrected chi connectivity index (χ0v) is 22.6.